The van der Waals surface area contributed by atoms with Crippen LogP contribution in [0.15, 0.2) is 22.7 Å². The predicted octanol–water partition coefficient (Wildman–Crippen LogP) is 5.11. The van der Waals surface area contributed by atoms with Crippen molar-refractivity contribution in [3.05, 3.63) is 33.3 Å². The van der Waals surface area contributed by atoms with Crippen LogP contribution in [-0.2, 0) is 0 Å². The summed E-state index contributed by atoms with van der Waals surface area (Å²) in [7, 11) is 0. The van der Waals surface area contributed by atoms with Crippen molar-refractivity contribution in [3.63, 3.8) is 0 Å². The second kappa shape index (κ2) is 7.31. The summed E-state index contributed by atoms with van der Waals surface area (Å²) in [6.07, 6.45) is 5.03. The summed E-state index contributed by atoms with van der Waals surface area (Å²) in [6, 6.07) is 5.67. The smallest absolute Gasteiger partial charge is 0.0804 e. The number of benzene rings is 1. The zero-order chi connectivity index (χ0) is 12.0. The van der Waals surface area contributed by atoms with Gasteiger partial charge in [-0.3, -0.25) is 0 Å². The van der Waals surface area contributed by atoms with Gasteiger partial charge in [0.1, 0.15) is 0 Å². The van der Waals surface area contributed by atoms with E-state index in [9.17, 15) is 5.11 Å². The standard InChI is InChI=1S/C13H18BrClO/c1-2-3-4-5-9-12(16)10-7-6-8-11(14)13(10)15/h6-8,12,16H,2-5,9H2,1H3. The van der Waals surface area contributed by atoms with Gasteiger partial charge in [-0.1, -0.05) is 56.3 Å². The van der Waals surface area contributed by atoms with E-state index in [1.54, 1.807) is 0 Å². The Morgan fingerprint density at radius 1 is 1.31 bits per heavy atom. The first-order valence-corrected chi connectivity index (χ1v) is 6.96. The minimum absolute atomic E-state index is 0.443. The van der Waals surface area contributed by atoms with Crippen LogP contribution in [-0.4, -0.2) is 5.11 Å². The van der Waals surface area contributed by atoms with E-state index in [2.05, 4.69) is 22.9 Å². The Bertz CT molecular complexity index is 328. The van der Waals surface area contributed by atoms with Crippen molar-refractivity contribution in [2.75, 3.05) is 0 Å². The lowest BCUT2D eigenvalue weighted by Crippen LogP contribution is -1.98. The molecule has 0 fully saturated rings. The van der Waals surface area contributed by atoms with Gasteiger partial charge < -0.3 is 5.11 Å². The summed E-state index contributed by atoms with van der Waals surface area (Å²) in [5.74, 6) is 0. The quantitative estimate of drug-likeness (QED) is 0.724. The van der Waals surface area contributed by atoms with E-state index in [0.29, 0.717) is 5.02 Å². The maximum Gasteiger partial charge on any atom is 0.0804 e. The van der Waals surface area contributed by atoms with E-state index < -0.39 is 6.10 Å². The Balaban J connectivity index is 2.52. The molecule has 0 radical (unpaired) electrons. The molecule has 1 aromatic rings. The normalized spacial score (nSPS) is 12.8. The highest BCUT2D eigenvalue weighted by atomic mass is 79.9. The molecule has 0 saturated carbocycles. The molecule has 1 N–H and O–H groups in total. The van der Waals surface area contributed by atoms with Gasteiger partial charge in [0.15, 0.2) is 0 Å². The van der Waals surface area contributed by atoms with Gasteiger partial charge in [0, 0.05) is 10.0 Å². The number of aliphatic hydroxyl groups excluding tert-OH is 1. The van der Waals surface area contributed by atoms with Gasteiger partial charge in [0.25, 0.3) is 0 Å². The average Bonchev–Trinajstić information content (AvgIpc) is 2.28. The molecule has 1 aromatic carbocycles. The van der Waals surface area contributed by atoms with Crippen LogP contribution in [0.5, 0.6) is 0 Å². The molecule has 0 saturated heterocycles. The van der Waals surface area contributed by atoms with Crippen molar-refractivity contribution >= 4 is 27.5 Å². The maximum absolute atomic E-state index is 10.0. The Kier molecular flexibility index (Phi) is 6.40. The van der Waals surface area contributed by atoms with Crippen molar-refractivity contribution in [1.29, 1.82) is 0 Å². The van der Waals surface area contributed by atoms with Gasteiger partial charge in [-0.25, -0.2) is 0 Å². The lowest BCUT2D eigenvalue weighted by Gasteiger charge is -2.13. The van der Waals surface area contributed by atoms with E-state index >= 15 is 0 Å². The number of aliphatic hydroxyl groups is 1. The van der Waals surface area contributed by atoms with Crippen LogP contribution < -0.4 is 0 Å². The Morgan fingerprint density at radius 2 is 2.06 bits per heavy atom. The minimum atomic E-state index is -0.443. The number of halogens is 2. The highest BCUT2D eigenvalue weighted by Gasteiger charge is 2.12. The SMILES string of the molecule is CCCCCCC(O)c1cccc(Br)c1Cl. The van der Waals surface area contributed by atoms with Crippen LogP contribution in [0.3, 0.4) is 0 Å². The highest BCUT2D eigenvalue weighted by Crippen LogP contribution is 2.32. The minimum Gasteiger partial charge on any atom is -0.388 e. The van der Waals surface area contributed by atoms with Gasteiger partial charge in [-0.15, -0.1) is 0 Å². The second-order valence-corrected chi connectivity index (χ2v) is 5.24. The Labute approximate surface area is 111 Å². The molecule has 0 aromatic heterocycles. The molecule has 0 amide bonds. The third-order valence-corrected chi connectivity index (χ3v) is 3.98. The number of unbranched alkanes of at least 4 members (excludes halogenated alkanes) is 3. The molecule has 90 valence electrons. The summed E-state index contributed by atoms with van der Waals surface area (Å²) in [5, 5.41) is 10.6. The zero-order valence-corrected chi connectivity index (χ0v) is 11.9. The topological polar surface area (TPSA) is 20.2 Å². The van der Waals surface area contributed by atoms with Gasteiger partial charge in [-0.05, 0) is 28.4 Å². The molecule has 0 aliphatic carbocycles. The third-order valence-electron chi connectivity index (χ3n) is 2.67. The predicted molar refractivity (Wildman–Crippen MR) is 72.9 cm³/mol. The highest BCUT2D eigenvalue weighted by molar-refractivity contribution is 9.10. The van der Waals surface area contributed by atoms with E-state index in [4.69, 9.17) is 11.6 Å². The molecular formula is C13H18BrClO. The van der Waals surface area contributed by atoms with Crippen LogP contribution in [0.25, 0.3) is 0 Å². The lowest BCUT2D eigenvalue weighted by atomic mass is 10.0. The fraction of sp³-hybridized carbons (Fsp3) is 0.538. The first-order chi connectivity index (χ1) is 7.66. The van der Waals surface area contributed by atoms with Crippen LogP contribution in [0.2, 0.25) is 5.02 Å². The summed E-state index contributed by atoms with van der Waals surface area (Å²) in [5.41, 5.74) is 0.826. The van der Waals surface area contributed by atoms with Crippen LogP contribution in [0, 0.1) is 0 Å². The summed E-state index contributed by atoms with van der Waals surface area (Å²) in [6.45, 7) is 2.18. The summed E-state index contributed by atoms with van der Waals surface area (Å²) < 4.78 is 0.847. The molecule has 1 atom stereocenters. The molecule has 0 aliphatic rings. The number of hydrogen-bond donors (Lipinski definition) is 1. The van der Waals surface area contributed by atoms with Crippen LogP contribution in [0.4, 0.5) is 0 Å². The zero-order valence-electron chi connectivity index (χ0n) is 9.55. The van der Waals surface area contributed by atoms with Gasteiger partial charge in [0.05, 0.1) is 11.1 Å². The van der Waals surface area contributed by atoms with Crippen molar-refractivity contribution in [2.45, 2.75) is 45.1 Å². The molecule has 16 heavy (non-hydrogen) atoms. The Morgan fingerprint density at radius 3 is 2.75 bits per heavy atom. The van der Waals surface area contributed by atoms with Crippen molar-refractivity contribution in [2.24, 2.45) is 0 Å². The number of hydrogen-bond acceptors (Lipinski definition) is 1. The molecule has 0 spiro atoms. The molecule has 0 aliphatic heterocycles. The number of rotatable bonds is 6. The first-order valence-electron chi connectivity index (χ1n) is 5.78. The molecule has 0 heterocycles. The maximum atomic E-state index is 10.0. The second-order valence-electron chi connectivity index (χ2n) is 4.01. The first kappa shape index (κ1) is 14.0. The monoisotopic (exact) mass is 304 g/mol. The average molecular weight is 306 g/mol. The molecular weight excluding hydrogens is 287 g/mol. The fourth-order valence-electron chi connectivity index (χ4n) is 1.70. The summed E-state index contributed by atoms with van der Waals surface area (Å²) >= 11 is 9.49. The van der Waals surface area contributed by atoms with Crippen LogP contribution >= 0.6 is 27.5 Å². The van der Waals surface area contributed by atoms with Crippen molar-refractivity contribution < 1.29 is 5.11 Å². The molecule has 0 bridgehead atoms. The van der Waals surface area contributed by atoms with E-state index in [0.717, 1.165) is 22.9 Å². The van der Waals surface area contributed by atoms with E-state index in [-0.39, 0.29) is 0 Å². The largest absolute Gasteiger partial charge is 0.388 e. The van der Waals surface area contributed by atoms with E-state index in [1.165, 1.54) is 19.3 Å². The van der Waals surface area contributed by atoms with Gasteiger partial charge in [0.2, 0.25) is 0 Å². The van der Waals surface area contributed by atoms with E-state index in [1.807, 2.05) is 18.2 Å². The fourth-order valence-corrected chi connectivity index (χ4v) is 2.33. The lowest BCUT2D eigenvalue weighted by molar-refractivity contribution is 0.163. The van der Waals surface area contributed by atoms with Crippen LogP contribution in [0.1, 0.15) is 50.7 Å². The van der Waals surface area contributed by atoms with Gasteiger partial charge >= 0.3 is 0 Å². The Hall–Kier alpha value is -0.0500. The molecule has 1 unspecified atom stereocenters. The molecule has 1 rings (SSSR count). The van der Waals surface area contributed by atoms with Crippen molar-refractivity contribution in [3.8, 4) is 0 Å². The summed E-state index contributed by atoms with van der Waals surface area (Å²) in [4.78, 5) is 0. The van der Waals surface area contributed by atoms with Gasteiger partial charge in [-0.2, -0.15) is 0 Å². The molecule has 1 nitrogen and oxygen atoms in total. The third kappa shape index (κ3) is 4.08. The van der Waals surface area contributed by atoms with Crippen molar-refractivity contribution in [1.82, 2.24) is 0 Å². The molecule has 3 heteroatoms.